The lowest BCUT2D eigenvalue weighted by Crippen LogP contribution is -2.23. The first kappa shape index (κ1) is 14.0. The van der Waals surface area contributed by atoms with Gasteiger partial charge >= 0.3 is 0 Å². The van der Waals surface area contributed by atoms with Crippen LogP contribution in [0.3, 0.4) is 0 Å². The van der Waals surface area contributed by atoms with Crippen LogP contribution in [0, 0.1) is 13.8 Å². The summed E-state index contributed by atoms with van der Waals surface area (Å²) in [5.41, 5.74) is 3.35. The third-order valence-corrected chi connectivity index (χ3v) is 3.03. The van der Waals surface area contributed by atoms with Crippen LogP contribution in [0.2, 0.25) is 0 Å². The zero-order valence-electron chi connectivity index (χ0n) is 12.2. The lowest BCUT2D eigenvalue weighted by molar-refractivity contribution is 0.0950. The Labute approximate surface area is 118 Å². The molecular formula is C14H19N5O. The number of anilines is 1. The summed E-state index contributed by atoms with van der Waals surface area (Å²) in [6.07, 6.45) is 1.91. The van der Waals surface area contributed by atoms with Crippen molar-refractivity contribution in [2.45, 2.75) is 20.4 Å². The Balaban J connectivity index is 2.08. The Bertz CT molecular complexity index is 632. The van der Waals surface area contributed by atoms with E-state index in [1.165, 1.54) is 0 Å². The summed E-state index contributed by atoms with van der Waals surface area (Å²) in [6.45, 7) is 4.26. The molecule has 0 spiro atoms. The second-order valence-electron chi connectivity index (χ2n) is 4.73. The van der Waals surface area contributed by atoms with Gasteiger partial charge in [0.05, 0.1) is 5.69 Å². The fourth-order valence-electron chi connectivity index (χ4n) is 2.03. The van der Waals surface area contributed by atoms with Gasteiger partial charge in [-0.05, 0) is 26.0 Å². The molecule has 2 N–H and O–H groups in total. The van der Waals surface area contributed by atoms with Gasteiger partial charge in [0.15, 0.2) is 0 Å². The van der Waals surface area contributed by atoms with E-state index >= 15 is 0 Å². The Hall–Kier alpha value is -2.37. The molecule has 0 aliphatic rings. The van der Waals surface area contributed by atoms with Gasteiger partial charge in [-0.1, -0.05) is 0 Å². The number of carbonyl (C=O) groups excluding carboxylic acids is 1. The molecule has 0 fully saturated rings. The predicted molar refractivity (Wildman–Crippen MR) is 77.6 cm³/mol. The Morgan fingerprint density at radius 1 is 1.35 bits per heavy atom. The van der Waals surface area contributed by atoms with Gasteiger partial charge < -0.3 is 10.6 Å². The van der Waals surface area contributed by atoms with Crippen LogP contribution in [-0.2, 0) is 13.6 Å². The lowest BCUT2D eigenvalue weighted by atomic mass is 10.2. The van der Waals surface area contributed by atoms with Crippen LogP contribution in [-0.4, -0.2) is 27.7 Å². The molecule has 1 amide bonds. The van der Waals surface area contributed by atoms with Crippen LogP contribution in [0.15, 0.2) is 18.3 Å². The van der Waals surface area contributed by atoms with Gasteiger partial charge in [-0.25, -0.2) is 4.98 Å². The summed E-state index contributed by atoms with van der Waals surface area (Å²) in [5.74, 6) is 0.572. The molecule has 106 valence electrons. The minimum atomic E-state index is -0.116. The fraction of sp³-hybridized carbons (Fsp3) is 0.357. The van der Waals surface area contributed by atoms with Crippen molar-refractivity contribution in [2.75, 3.05) is 12.4 Å². The molecule has 2 rings (SSSR count). The number of nitrogens with one attached hydrogen (secondary N) is 2. The largest absolute Gasteiger partial charge is 0.373 e. The van der Waals surface area contributed by atoms with E-state index in [2.05, 4.69) is 20.7 Å². The van der Waals surface area contributed by atoms with Gasteiger partial charge in [0.2, 0.25) is 0 Å². The number of rotatable bonds is 4. The van der Waals surface area contributed by atoms with Crippen molar-refractivity contribution in [3.63, 3.8) is 0 Å². The highest BCUT2D eigenvalue weighted by Crippen LogP contribution is 2.10. The maximum atomic E-state index is 12.2. The molecule has 2 aromatic heterocycles. The highest BCUT2D eigenvalue weighted by Gasteiger charge is 2.10. The molecule has 6 nitrogen and oxygen atoms in total. The minimum Gasteiger partial charge on any atom is -0.373 e. The predicted octanol–water partition coefficient (Wildman–Crippen LogP) is 1.40. The average Bonchev–Trinajstić information content (AvgIpc) is 2.73. The number of pyridine rings is 1. The first-order chi connectivity index (χ1) is 9.49. The summed E-state index contributed by atoms with van der Waals surface area (Å²) in [7, 11) is 3.65. The topological polar surface area (TPSA) is 71.8 Å². The second kappa shape index (κ2) is 5.73. The van der Waals surface area contributed by atoms with Crippen LogP contribution in [0.25, 0.3) is 0 Å². The van der Waals surface area contributed by atoms with E-state index in [9.17, 15) is 4.79 Å². The van der Waals surface area contributed by atoms with E-state index in [-0.39, 0.29) is 5.91 Å². The second-order valence-corrected chi connectivity index (χ2v) is 4.73. The number of nitrogens with zero attached hydrogens (tertiary/aromatic N) is 3. The number of hydrogen-bond donors (Lipinski definition) is 2. The normalized spacial score (nSPS) is 10.4. The Morgan fingerprint density at radius 3 is 2.70 bits per heavy atom. The summed E-state index contributed by atoms with van der Waals surface area (Å²) in [6, 6.07) is 3.50. The van der Waals surface area contributed by atoms with E-state index in [0.717, 1.165) is 17.0 Å². The van der Waals surface area contributed by atoms with Gasteiger partial charge in [-0.15, -0.1) is 0 Å². The van der Waals surface area contributed by atoms with Crippen molar-refractivity contribution in [1.29, 1.82) is 0 Å². The molecule has 0 atom stereocenters. The molecule has 6 heteroatoms. The van der Waals surface area contributed by atoms with Crippen LogP contribution < -0.4 is 10.6 Å². The summed E-state index contributed by atoms with van der Waals surface area (Å²) in [5, 5.41) is 10.1. The van der Waals surface area contributed by atoms with Crippen molar-refractivity contribution in [2.24, 2.45) is 7.05 Å². The third kappa shape index (κ3) is 3.14. The van der Waals surface area contributed by atoms with Crippen LogP contribution in [0.5, 0.6) is 0 Å². The van der Waals surface area contributed by atoms with E-state index < -0.39 is 0 Å². The monoisotopic (exact) mass is 273 g/mol. The first-order valence-corrected chi connectivity index (χ1v) is 6.43. The maximum Gasteiger partial charge on any atom is 0.251 e. The van der Waals surface area contributed by atoms with E-state index in [1.807, 2.05) is 27.1 Å². The molecule has 2 aromatic rings. The number of amides is 1. The Kier molecular flexibility index (Phi) is 4.02. The SMILES string of the molecule is CNc1cc(C(=O)NCc2cn(C)nc2C)cc(C)n1. The van der Waals surface area contributed by atoms with Crippen molar-refractivity contribution >= 4 is 11.7 Å². The molecule has 0 aliphatic carbocycles. The molecule has 0 radical (unpaired) electrons. The van der Waals surface area contributed by atoms with Crippen LogP contribution in [0.4, 0.5) is 5.82 Å². The standard InChI is InChI=1S/C14H19N5O/c1-9-5-11(6-13(15-3)17-9)14(20)16-7-12-8-19(4)18-10(12)2/h5-6,8H,7H2,1-4H3,(H,15,17)(H,16,20). The van der Waals surface area contributed by atoms with Crippen LogP contribution in [0.1, 0.15) is 27.3 Å². The van der Waals surface area contributed by atoms with Gasteiger partial charge in [0.1, 0.15) is 5.82 Å². The van der Waals surface area contributed by atoms with Crippen molar-refractivity contribution in [3.8, 4) is 0 Å². The molecule has 2 heterocycles. The zero-order chi connectivity index (χ0) is 14.7. The van der Waals surface area contributed by atoms with Gasteiger partial charge in [-0.2, -0.15) is 5.10 Å². The quantitative estimate of drug-likeness (QED) is 0.883. The van der Waals surface area contributed by atoms with Crippen LogP contribution >= 0.6 is 0 Å². The van der Waals surface area contributed by atoms with Gasteiger partial charge in [0, 0.05) is 43.7 Å². The molecule has 0 saturated heterocycles. The molecular weight excluding hydrogens is 254 g/mol. The van der Waals surface area contributed by atoms with Crippen molar-refractivity contribution in [3.05, 3.63) is 40.8 Å². The van der Waals surface area contributed by atoms with E-state index in [4.69, 9.17) is 0 Å². The Morgan fingerprint density at radius 2 is 2.10 bits per heavy atom. The third-order valence-electron chi connectivity index (χ3n) is 3.03. The molecule has 0 unspecified atom stereocenters. The molecule has 20 heavy (non-hydrogen) atoms. The number of hydrogen-bond acceptors (Lipinski definition) is 4. The van der Waals surface area contributed by atoms with E-state index in [1.54, 1.807) is 23.9 Å². The molecule has 0 saturated carbocycles. The molecule has 0 bridgehead atoms. The average molecular weight is 273 g/mol. The smallest absolute Gasteiger partial charge is 0.251 e. The number of aryl methyl sites for hydroxylation is 3. The minimum absolute atomic E-state index is 0.116. The van der Waals surface area contributed by atoms with Gasteiger partial charge in [-0.3, -0.25) is 9.48 Å². The first-order valence-electron chi connectivity index (χ1n) is 6.43. The number of aromatic nitrogens is 3. The summed E-state index contributed by atoms with van der Waals surface area (Å²) < 4.78 is 1.74. The molecule has 0 aliphatic heterocycles. The highest BCUT2D eigenvalue weighted by molar-refractivity contribution is 5.94. The molecule has 0 aromatic carbocycles. The lowest BCUT2D eigenvalue weighted by Gasteiger charge is -2.07. The van der Waals surface area contributed by atoms with Crippen molar-refractivity contribution < 1.29 is 4.79 Å². The zero-order valence-corrected chi connectivity index (χ0v) is 12.2. The maximum absolute atomic E-state index is 12.2. The van der Waals surface area contributed by atoms with Crippen molar-refractivity contribution in [1.82, 2.24) is 20.1 Å². The number of carbonyl (C=O) groups is 1. The summed E-state index contributed by atoms with van der Waals surface area (Å²) >= 11 is 0. The summed E-state index contributed by atoms with van der Waals surface area (Å²) in [4.78, 5) is 16.4. The van der Waals surface area contributed by atoms with Gasteiger partial charge in [0.25, 0.3) is 5.91 Å². The fourth-order valence-corrected chi connectivity index (χ4v) is 2.03. The van der Waals surface area contributed by atoms with E-state index in [0.29, 0.717) is 17.9 Å². The highest BCUT2D eigenvalue weighted by atomic mass is 16.1.